The summed E-state index contributed by atoms with van der Waals surface area (Å²) in [6.45, 7) is 6.61. The summed E-state index contributed by atoms with van der Waals surface area (Å²) < 4.78 is 25.2. The van der Waals surface area contributed by atoms with Gasteiger partial charge in [0.15, 0.2) is 0 Å². The summed E-state index contributed by atoms with van der Waals surface area (Å²) >= 11 is 0. The number of aromatic nitrogens is 1. The molecule has 142 valence electrons. The highest BCUT2D eigenvalue weighted by atomic mass is 31.2. The van der Waals surface area contributed by atoms with E-state index in [1.54, 1.807) is 12.9 Å². The summed E-state index contributed by atoms with van der Waals surface area (Å²) in [7, 11) is -3.10. The van der Waals surface area contributed by atoms with E-state index in [0.29, 0.717) is 24.3 Å². The average molecular weight is 384 g/mol. The van der Waals surface area contributed by atoms with Gasteiger partial charge in [-0.3, -0.25) is 9.55 Å². The molecule has 0 saturated carbocycles. The van der Waals surface area contributed by atoms with Crippen molar-refractivity contribution in [1.82, 2.24) is 4.98 Å². The Balaban J connectivity index is 1.83. The molecule has 1 saturated heterocycles. The molecule has 0 amide bonds. The topological polar surface area (TPSA) is 51.7 Å². The molecule has 5 nitrogen and oxygen atoms in total. The summed E-state index contributed by atoms with van der Waals surface area (Å²) in [6.07, 6.45) is 9.61. The highest BCUT2D eigenvalue weighted by molar-refractivity contribution is 7.66. The van der Waals surface area contributed by atoms with Gasteiger partial charge in [0.1, 0.15) is 5.76 Å². The van der Waals surface area contributed by atoms with Crippen LogP contribution in [0.3, 0.4) is 0 Å². The molecule has 4 rings (SSSR count). The molecule has 1 atom stereocenters. The third kappa shape index (κ3) is 3.80. The van der Waals surface area contributed by atoms with E-state index in [0.717, 1.165) is 48.1 Å². The summed E-state index contributed by atoms with van der Waals surface area (Å²) in [4.78, 5) is 6.86. The lowest BCUT2D eigenvalue weighted by atomic mass is 10.1. The van der Waals surface area contributed by atoms with Crippen LogP contribution in [0.4, 0.5) is 5.69 Å². The Kier molecular flexibility index (Phi) is 5.07. The van der Waals surface area contributed by atoms with E-state index in [1.807, 2.05) is 12.2 Å². The predicted molar refractivity (Wildman–Crippen MR) is 110 cm³/mol. The van der Waals surface area contributed by atoms with Gasteiger partial charge in [0, 0.05) is 31.3 Å². The Morgan fingerprint density at radius 1 is 1.22 bits per heavy atom. The van der Waals surface area contributed by atoms with Gasteiger partial charge in [-0.25, -0.2) is 0 Å². The van der Waals surface area contributed by atoms with Gasteiger partial charge in [0.05, 0.1) is 29.7 Å². The second kappa shape index (κ2) is 7.49. The van der Waals surface area contributed by atoms with Gasteiger partial charge in [0.25, 0.3) is 7.37 Å². The number of nitrogens with zero attached hydrogens (tertiary/aromatic N) is 2. The number of rotatable bonds is 4. The lowest BCUT2D eigenvalue weighted by molar-refractivity contribution is 0.123. The van der Waals surface area contributed by atoms with Gasteiger partial charge in [-0.1, -0.05) is 18.2 Å². The zero-order valence-corrected chi connectivity index (χ0v) is 16.7. The van der Waals surface area contributed by atoms with E-state index in [9.17, 15) is 4.57 Å². The van der Waals surface area contributed by atoms with E-state index in [-0.39, 0.29) is 0 Å². The van der Waals surface area contributed by atoms with Gasteiger partial charge in [-0.15, -0.1) is 0 Å². The maximum absolute atomic E-state index is 13.7. The minimum absolute atomic E-state index is 0.665. The fourth-order valence-electron chi connectivity index (χ4n) is 3.60. The first-order valence-corrected chi connectivity index (χ1v) is 11.5. The van der Waals surface area contributed by atoms with Crippen molar-refractivity contribution in [2.45, 2.75) is 19.8 Å². The first-order chi connectivity index (χ1) is 13.0. The maximum Gasteiger partial charge on any atom is 0.277 e. The van der Waals surface area contributed by atoms with Crippen molar-refractivity contribution >= 4 is 29.3 Å². The van der Waals surface area contributed by atoms with Crippen LogP contribution in [0.5, 0.6) is 0 Å². The molecule has 27 heavy (non-hydrogen) atoms. The molecule has 1 fully saturated rings. The van der Waals surface area contributed by atoms with Crippen LogP contribution < -0.4 is 10.2 Å². The number of benzene rings is 1. The van der Waals surface area contributed by atoms with Crippen molar-refractivity contribution in [3.05, 3.63) is 53.9 Å². The van der Waals surface area contributed by atoms with Crippen LogP contribution in [0.1, 0.15) is 18.4 Å². The van der Waals surface area contributed by atoms with Crippen molar-refractivity contribution < 1.29 is 13.8 Å². The number of fused-ring (bicyclic) bond motifs is 1. The maximum atomic E-state index is 13.7. The van der Waals surface area contributed by atoms with Gasteiger partial charge < -0.3 is 14.2 Å². The molecule has 1 aromatic carbocycles. The fourth-order valence-corrected chi connectivity index (χ4v) is 5.15. The molecule has 0 spiro atoms. The predicted octanol–water partition coefficient (Wildman–Crippen LogP) is 4.16. The number of aryl methyl sites for hydroxylation is 1. The molecule has 2 aromatic rings. The molecule has 1 aliphatic carbocycles. The van der Waals surface area contributed by atoms with Crippen molar-refractivity contribution in [1.29, 1.82) is 0 Å². The van der Waals surface area contributed by atoms with Crippen LogP contribution in [0.25, 0.3) is 10.9 Å². The van der Waals surface area contributed by atoms with Crippen LogP contribution in [0.15, 0.2) is 48.4 Å². The van der Waals surface area contributed by atoms with Gasteiger partial charge in [0.2, 0.25) is 0 Å². The molecular weight excluding hydrogens is 359 g/mol. The molecule has 1 aliphatic heterocycles. The summed E-state index contributed by atoms with van der Waals surface area (Å²) in [5.74, 6) is 0.684. The van der Waals surface area contributed by atoms with Gasteiger partial charge in [-0.2, -0.15) is 0 Å². The van der Waals surface area contributed by atoms with E-state index in [4.69, 9.17) is 9.26 Å². The smallest absolute Gasteiger partial charge is 0.277 e. The Morgan fingerprint density at radius 2 is 2.04 bits per heavy atom. The summed E-state index contributed by atoms with van der Waals surface area (Å²) in [6, 6.07) is 6.22. The molecule has 6 heteroatoms. The Hall–Kier alpha value is -2.10. The fraction of sp³-hybridized carbons (Fsp3) is 0.381. The largest absolute Gasteiger partial charge is 0.440 e. The van der Waals surface area contributed by atoms with Crippen molar-refractivity contribution in [2.75, 3.05) is 37.9 Å². The average Bonchev–Trinajstić information content (AvgIpc) is 2.68. The van der Waals surface area contributed by atoms with Crippen LogP contribution in [0.2, 0.25) is 0 Å². The molecule has 0 radical (unpaired) electrons. The number of pyridine rings is 1. The number of ether oxygens (including phenoxy) is 1. The first-order valence-electron chi connectivity index (χ1n) is 9.41. The molecule has 0 bridgehead atoms. The molecule has 0 N–H and O–H groups in total. The van der Waals surface area contributed by atoms with Crippen LogP contribution in [-0.2, 0) is 13.8 Å². The Labute approximate surface area is 160 Å². The minimum Gasteiger partial charge on any atom is -0.440 e. The number of morpholine rings is 1. The zero-order valence-electron chi connectivity index (χ0n) is 15.9. The van der Waals surface area contributed by atoms with Crippen LogP contribution in [0, 0.1) is 6.92 Å². The molecule has 1 unspecified atom stereocenters. The summed E-state index contributed by atoms with van der Waals surface area (Å²) in [5.41, 5.74) is 3.04. The van der Waals surface area contributed by atoms with Crippen LogP contribution in [-0.4, -0.2) is 38.0 Å². The van der Waals surface area contributed by atoms with Crippen molar-refractivity contribution in [3.8, 4) is 0 Å². The molecule has 2 aliphatic rings. The summed E-state index contributed by atoms with van der Waals surface area (Å²) in [5, 5.41) is 1.69. The SMILES string of the molecule is Cc1ccc2c(N3CCOCC3)c(P(C)(=O)OC3=CCCC=C3)cnc2c1. The number of hydrogen-bond donors (Lipinski definition) is 0. The van der Waals surface area contributed by atoms with E-state index < -0.39 is 7.37 Å². The lowest BCUT2D eigenvalue weighted by Gasteiger charge is -2.32. The second-order valence-electron chi connectivity index (χ2n) is 7.14. The van der Waals surface area contributed by atoms with Gasteiger partial charge >= 0.3 is 0 Å². The lowest BCUT2D eigenvalue weighted by Crippen LogP contribution is -2.39. The monoisotopic (exact) mass is 384 g/mol. The van der Waals surface area contributed by atoms with E-state index in [1.165, 1.54) is 0 Å². The molecule has 2 heterocycles. The Bertz CT molecular complexity index is 961. The quantitative estimate of drug-likeness (QED) is 0.741. The highest BCUT2D eigenvalue weighted by Crippen LogP contribution is 2.48. The van der Waals surface area contributed by atoms with Gasteiger partial charge in [-0.05, 0) is 43.5 Å². The van der Waals surface area contributed by atoms with Crippen molar-refractivity contribution in [3.63, 3.8) is 0 Å². The Morgan fingerprint density at radius 3 is 2.78 bits per heavy atom. The minimum atomic E-state index is -3.10. The van der Waals surface area contributed by atoms with E-state index in [2.05, 4.69) is 41.1 Å². The highest BCUT2D eigenvalue weighted by Gasteiger charge is 2.30. The third-order valence-electron chi connectivity index (χ3n) is 4.98. The zero-order chi connectivity index (χ0) is 18.9. The van der Waals surface area contributed by atoms with Crippen molar-refractivity contribution in [2.24, 2.45) is 0 Å². The second-order valence-corrected chi connectivity index (χ2v) is 9.49. The standard InChI is InChI=1S/C21H25N2O3P/c1-16-8-9-18-19(14-16)22-15-20(21(18)23-10-12-25-13-11-23)27(2,24)26-17-6-4-3-5-7-17/h4,6-9,14-15H,3,5,10-13H2,1-2H3. The van der Waals surface area contributed by atoms with Crippen LogP contribution >= 0.6 is 7.37 Å². The number of anilines is 1. The molecular formula is C21H25N2O3P. The molecule has 1 aromatic heterocycles. The number of allylic oxidation sites excluding steroid dienone is 3. The first kappa shape index (κ1) is 18.3. The number of hydrogen-bond acceptors (Lipinski definition) is 5. The van der Waals surface area contributed by atoms with E-state index >= 15 is 0 Å². The normalized spacial score (nSPS) is 19.6. The third-order valence-corrected chi connectivity index (χ3v) is 6.74.